The number of amides is 2. The number of fused-ring (bicyclic) bond motifs is 4. The van der Waals surface area contributed by atoms with Gasteiger partial charge < -0.3 is 10.6 Å². The maximum absolute atomic E-state index is 12.4. The van der Waals surface area contributed by atoms with E-state index >= 15 is 0 Å². The molecule has 2 spiro atoms. The first-order valence-electron chi connectivity index (χ1n) is 20.0. The molecule has 2 N–H and O–H groups in total. The standard InChI is InChI=1S/C22H32N2O2.C17H23NO.C6H11BrO.2CH4.2H2S/c1-16(25)23-19-9-10-22(18-8-6-5-7-17(18)19)11-13-24(14-12-22)15-20(26)21(2,3)4;1-13(19)18-16-9-12-17(10-5-2-6-11-17)15-8-4-3-7-14(15)16;1-6(2,3)5(8)4-7;;;;/h5-8,19H,9-15H2,1-4H3,(H,23,25);3-4,7-8,16H,2,5-6,9-12H2,1H3,(H,18,19);4H2,1-3H3;2*1H4;2*1H2/t19-;16-;;;;;/m00...../s1. The van der Waals surface area contributed by atoms with E-state index in [4.69, 9.17) is 0 Å². The number of carbonyl (C=O) groups excluding carboxylic acids is 4. The van der Waals surface area contributed by atoms with Crippen molar-refractivity contribution < 1.29 is 19.2 Å². The van der Waals surface area contributed by atoms with Crippen LogP contribution in [0.15, 0.2) is 48.5 Å². The molecule has 1 heterocycles. The van der Waals surface area contributed by atoms with Crippen LogP contribution in [0.3, 0.4) is 0 Å². The summed E-state index contributed by atoms with van der Waals surface area (Å²) < 4.78 is 0. The number of alkyl halides is 1. The Bertz CT molecular complexity index is 1590. The van der Waals surface area contributed by atoms with Crippen molar-refractivity contribution in [2.75, 3.05) is 25.0 Å². The van der Waals surface area contributed by atoms with Gasteiger partial charge in [-0.15, -0.1) is 0 Å². The second-order valence-electron chi connectivity index (χ2n) is 18.1. The monoisotopic (exact) mass is 891 g/mol. The van der Waals surface area contributed by atoms with Crippen LogP contribution in [0.25, 0.3) is 0 Å². The van der Waals surface area contributed by atoms with Crippen LogP contribution in [0.5, 0.6) is 0 Å². The van der Waals surface area contributed by atoms with Gasteiger partial charge in [-0.2, -0.15) is 27.0 Å². The highest BCUT2D eigenvalue weighted by Gasteiger charge is 2.43. The molecule has 0 radical (unpaired) electrons. The van der Waals surface area contributed by atoms with Gasteiger partial charge in [-0.1, -0.05) is 140 Å². The third-order valence-corrected chi connectivity index (χ3v) is 12.7. The molecule has 1 aliphatic heterocycles. The van der Waals surface area contributed by atoms with E-state index in [1.807, 2.05) is 41.5 Å². The van der Waals surface area contributed by atoms with Crippen molar-refractivity contribution in [1.29, 1.82) is 0 Å². The molecule has 57 heavy (non-hydrogen) atoms. The summed E-state index contributed by atoms with van der Waals surface area (Å²) in [5.74, 6) is 0.691. The molecule has 10 heteroatoms. The van der Waals surface area contributed by atoms with Crippen molar-refractivity contribution >= 4 is 66.3 Å². The average Bonchev–Trinajstić information content (AvgIpc) is 3.11. The molecule has 0 bridgehead atoms. The number of rotatable bonds is 5. The minimum atomic E-state index is -0.266. The fraction of sp³-hybridized carbons (Fsp3) is 0.660. The van der Waals surface area contributed by atoms with Gasteiger partial charge in [-0.25, -0.2) is 0 Å². The van der Waals surface area contributed by atoms with Gasteiger partial charge in [0.05, 0.1) is 24.0 Å². The van der Waals surface area contributed by atoms with E-state index in [0.29, 0.717) is 23.1 Å². The van der Waals surface area contributed by atoms with Gasteiger partial charge in [0.15, 0.2) is 5.78 Å². The molecule has 1 saturated heterocycles. The fourth-order valence-corrected chi connectivity index (χ4v) is 9.67. The molecular formula is C47H78BrN3O4S2. The average molecular weight is 893 g/mol. The Morgan fingerprint density at radius 3 is 1.37 bits per heavy atom. The number of hydrogen-bond donors (Lipinski definition) is 2. The topological polar surface area (TPSA) is 95.6 Å². The van der Waals surface area contributed by atoms with E-state index in [9.17, 15) is 19.2 Å². The SMILES string of the molecule is C.C.CC(=O)N[C@H]1CCC2(CCCCC2)c2ccccc21.CC(=O)N[C@H]1CCC2(CCN(CC(=O)C(C)(C)C)CC2)c2ccccc21.CC(C)(C)C(=O)CBr.S.S. The lowest BCUT2D eigenvalue weighted by atomic mass is 9.61. The fourth-order valence-electron chi connectivity index (χ4n) is 8.83. The Morgan fingerprint density at radius 2 is 1.02 bits per heavy atom. The molecule has 2 atom stereocenters. The highest BCUT2D eigenvalue weighted by Crippen LogP contribution is 2.50. The van der Waals surface area contributed by atoms with E-state index in [1.54, 1.807) is 13.8 Å². The molecule has 324 valence electrons. The molecule has 2 fully saturated rings. The zero-order valence-corrected chi connectivity index (χ0v) is 38.4. The second-order valence-corrected chi connectivity index (χ2v) is 18.7. The van der Waals surface area contributed by atoms with E-state index in [-0.39, 0.29) is 87.8 Å². The third-order valence-electron chi connectivity index (χ3n) is 12.2. The summed E-state index contributed by atoms with van der Waals surface area (Å²) in [5, 5.41) is 6.71. The van der Waals surface area contributed by atoms with Crippen LogP contribution in [0.1, 0.15) is 175 Å². The van der Waals surface area contributed by atoms with Crippen LogP contribution < -0.4 is 10.6 Å². The summed E-state index contributed by atoms with van der Waals surface area (Å²) in [6.45, 7) is 17.5. The zero-order chi connectivity index (χ0) is 39.0. The number of piperidine rings is 1. The van der Waals surface area contributed by atoms with Crippen LogP contribution in [0.2, 0.25) is 0 Å². The lowest BCUT2D eigenvalue weighted by Gasteiger charge is -2.47. The van der Waals surface area contributed by atoms with Crippen LogP contribution in [0.4, 0.5) is 0 Å². The number of nitrogens with zero attached hydrogens (tertiary/aromatic N) is 1. The van der Waals surface area contributed by atoms with Crippen molar-refractivity contribution in [1.82, 2.24) is 15.5 Å². The minimum Gasteiger partial charge on any atom is -0.350 e. The number of halogens is 1. The second kappa shape index (κ2) is 23.6. The molecule has 4 aliphatic rings. The summed E-state index contributed by atoms with van der Waals surface area (Å²) in [4.78, 5) is 48.4. The highest BCUT2D eigenvalue weighted by atomic mass is 79.9. The van der Waals surface area contributed by atoms with Crippen molar-refractivity contribution in [3.63, 3.8) is 0 Å². The first-order valence-corrected chi connectivity index (χ1v) is 21.1. The number of nitrogens with one attached hydrogen (secondary N) is 2. The van der Waals surface area contributed by atoms with Crippen molar-refractivity contribution in [3.05, 3.63) is 70.8 Å². The number of benzene rings is 2. The molecular weight excluding hydrogens is 815 g/mol. The van der Waals surface area contributed by atoms with Crippen molar-refractivity contribution in [2.24, 2.45) is 10.8 Å². The van der Waals surface area contributed by atoms with Crippen LogP contribution in [-0.4, -0.2) is 53.2 Å². The molecule has 0 aromatic heterocycles. The number of carbonyl (C=O) groups is 4. The van der Waals surface area contributed by atoms with Gasteiger partial charge in [-0.05, 0) is 97.5 Å². The molecule has 0 unspecified atom stereocenters. The number of hydrogen-bond acceptors (Lipinski definition) is 5. The Labute approximate surface area is 369 Å². The smallest absolute Gasteiger partial charge is 0.217 e. The molecule has 3 aliphatic carbocycles. The van der Waals surface area contributed by atoms with Crippen molar-refractivity contribution in [3.8, 4) is 0 Å². The highest BCUT2D eigenvalue weighted by molar-refractivity contribution is 9.09. The van der Waals surface area contributed by atoms with Crippen LogP contribution >= 0.6 is 42.9 Å². The van der Waals surface area contributed by atoms with Crippen LogP contribution in [-0.2, 0) is 30.0 Å². The quantitative estimate of drug-likeness (QED) is 0.292. The van der Waals surface area contributed by atoms with Gasteiger partial charge in [0.1, 0.15) is 5.78 Å². The molecule has 2 aromatic carbocycles. The van der Waals surface area contributed by atoms with Gasteiger partial charge in [0.25, 0.3) is 0 Å². The van der Waals surface area contributed by atoms with Gasteiger partial charge in [0, 0.05) is 24.7 Å². The molecule has 6 rings (SSSR count). The van der Waals surface area contributed by atoms with E-state index in [1.165, 1.54) is 60.8 Å². The van der Waals surface area contributed by atoms with E-state index in [0.717, 1.165) is 45.2 Å². The summed E-state index contributed by atoms with van der Waals surface area (Å²) in [7, 11) is 0. The van der Waals surface area contributed by atoms with E-state index < -0.39 is 0 Å². The van der Waals surface area contributed by atoms with Gasteiger partial charge in [-0.3, -0.25) is 24.1 Å². The molecule has 2 aromatic rings. The third kappa shape index (κ3) is 14.5. The normalized spacial score (nSPS) is 20.2. The maximum atomic E-state index is 12.4. The lowest BCUT2D eigenvalue weighted by Crippen LogP contribution is -2.48. The number of Topliss-reactive ketones (excluding diaryl/α,β-unsaturated/α-hetero) is 2. The lowest BCUT2D eigenvalue weighted by molar-refractivity contribution is -0.128. The predicted octanol–water partition coefficient (Wildman–Crippen LogP) is 11.0. The Kier molecular flexibility index (Phi) is 22.7. The summed E-state index contributed by atoms with van der Waals surface area (Å²) in [6.07, 6.45) is 13.4. The van der Waals surface area contributed by atoms with Gasteiger partial charge >= 0.3 is 0 Å². The molecule has 1 saturated carbocycles. The summed E-state index contributed by atoms with van der Waals surface area (Å²) in [6, 6.07) is 17.7. The van der Waals surface area contributed by atoms with Gasteiger partial charge in [0.2, 0.25) is 11.8 Å². The molecule has 7 nitrogen and oxygen atoms in total. The van der Waals surface area contributed by atoms with E-state index in [2.05, 4.69) is 80.0 Å². The predicted molar refractivity (Wildman–Crippen MR) is 254 cm³/mol. The number of ketones is 2. The summed E-state index contributed by atoms with van der Waals surface area (Å²) in [5.41, 5.74) is 5.74. The Morgan fingerprint density at radius 1 is 0.632 bits per heavy atom. The van der Waals surface area contributed by atoms with Crippen molar-refractivity contribution in [2.45, 2.75) is 164 Å². The molecule has 2 amide bonds. The Balaban J connectivity index is 0.000000895. The zero-order valence-electron chi connectivity index (χ0n) is 34.8. The first-order chi connectivity index (χ1) is 24.9. The maximum Gasteiger partial charge on any atom is 0.217 e. The minimum absolute atomic E-state index is 0. The number of likely N-dealkylation sites (tertiary alicyclic amines) is 1. The first kappa shape index (κ1) is 54.9. The summed E-state index contributed by atoms with van der Waals surface area (Å²) >= 11 is 3.10. The largest absolute Gasteiger partial charge is 0.350 e. The van der Waals surface area contributed by atoms with Crippen LogP contribution in [0, 0.1) is 10.8 Å². The Hall–Kier alpha value is -2.14.